The van der Waals surface area contributed by atoms with E-state index >= 15 is 0 Å². The predicted octanol–water partition coefficient (Wildman–Crippen LogP) is 3.46. The van der Waals surface area contributed by atoms with E-state index in [0.29, 0.717) is 11.3 Å². The van der Waals surface area contributed by atoms with Crippen LogP contribution in [0, 0.1) is 5.41 Å². The highest BCUT2D eigenvalue weighted by Crippen LogP contribution is 2.19. The third kappa shape index (κ3) is 3.35. The fourth-order valence-corrected chi connectivity index (χ4v) is 1.17. The first kappa shape index (κ1) is 11.6. The SMILES string of the molecule is CC(NCc1ccc(Cl)o1)C(C)(C)C. The molecule has 0 amide bonds. The van der Waals surface area contributed by atoms with Gasteiger partial charge in [-0.25, -0.2) is 0 Å². The smallest absolute Gasteiger partial charge is 0.193 e. The minimum atomic E-state index is 0.260. The second-order valence-electron chi connectivity index (χ2n) is 4.67. The van der Waals surface area contributed by atoms with Crippen molar-refractivity contribution in [2.75, 3.05) is 0 Å². The fraction of sp³-hybridized carbons (Fsp3) is 0.636. The summed E-state index contributed by atoms with van der Waals surface area (Å²) in [6.07, 6.45) is 0. The van der Waals surface area contributed by atoms with Crippen LogP contribution in [0.5, 0.6) is 0 Å². The Morgan fingerprint density at radius 3 is 2.50 bits per heavy atom. The zero-order valence-corrected chi connectivity index (χ0v) is 9.98. The van der Waals surface area contributed by atoms with Gasteiger partial charge in [-0.15, -0.1) is 0 Å². The Balaban J connectivity index is 2.41. The lowest BCUT2D eigenvalue weighted by Crippen LogP contribution is -2.37. The molecule has 1 aromatic heterocycles. The summed E-state index contributed by atoms with van der Waals surface area (Å²) >= 11 is 5.67. The number of hydrogen-bond acceptors (Lipinski definition) is 2. The van der Waals surface area contributed by atoms with Gasteiger partial charge in [0.2, 0.25) is 0 Å². The van der Waals surface area contributed by atoms with Gasteiger partial charge in [0.1, 0.15) is 5.76 Å². The fourth-order valence-electron chi connectivity index (χ4n) is 1.01. The highest BCUT2D eigenvalue weighted by Gasteiger charge is 2.19. The molecule has 0 saturated heterocycles. The summed E-state index contributed by atoms with van der Waals surface area (Å²) in [6.45, 7) is 9.52. The van der Waals surface area contributed by atoms with Gasteiger partial charge in [-0.05, 0) is 36.1 Å². The Bertz CT molecular complexity index is 288. The zero-order chi connectivity index (χ0) is 10.8. The largest absolute Gasteiger partial charge is 0.448 e. The lowest BCUT2D eigenvalue weighted by molar-refractivity contribution is 0.278. The topological polar surface area (TPSA) is 25.2 Å². The molecule has 0 aliphatic heterocycles. The summed E-state index contributed by atoms with van der Waals surface area (Å²) in [7, 11) is 0. The van der Waals surface area contributed by atoms with E-state index in [-0.39, 0.29) is 5.41 Å². The van der Waals surface area contributed by atoms with Crippen molar-refractivity contribution in [3.63, 3.8) is 0 Å². The van der Waals surface area contributed by atoms with Crippen molar-refractivity contribution in [1.82, 2.24) is 5.32 Å². The second kappa shape index (κ2) is 4.37. The van der Waals surface area contributed by atoms with Crippen LogP contribution in [0.15, 0.2) is 16.5 Å². The lowest BCUT2D eigenvalue weighted by atomic mass is 9.88. The van der Waals surface area contributed by atoms with Crippen LogP contribution in [-0.4, -0.2) is 6.04 Å². The Labute approximate surface area is 90.6 Å². The molecule has 0 radical (unpaired) electrons. The molecule has 0 saturated carbocycles. The average Bonchev–Trinajstić information content (AvgIpc) is 2.45. The maximum atomic E-state index is 5.67. The van der Waals surface area contributed by atoms with Gasteiger partial charge in [0.05, 0.1) is 6.54 Å². The van der Waals surface area contributed by atoms with E-state index in [4.69, 9.17) is 16.0 Å². The number of halogens is 1. The zero-order valence-electron chi connectivity index (χ0n) is 9.23. The van der Waals surface area contributed by atoms with Crippen LogP contribution in [0.25, 0.3) is 0 Å². The van der Waals surface area contributed by atoms with Crippen molar-refractivity contribution in [2.45, 2.75) is 40.3 Å². The first-order chi connectivity index (χ1) is 6.39. The summed E-state index contributed by atoms with van der Waals surface area (Å²) in [5, 5.41) is 3.85. The molecule has 3 heteroatoms. The van der Waals surface area contributed by atoms with Gasteiger partial charge in [0.15, 0.2) is 5.22 Å². The van der Waals surface area contributed by atoms with Crippen LogP contribution in [0.3, 0.4) is 0 Å². The van der Waals surface area contributed by atoms with Crippen molar-refractivity contribution in [1.29, 1.82) is 0 Å². The molecule has 0 aliphatic rings. The minimum absolute atomic E-state index is 0.260. The minimum Gasteiger partial charge on any atom is -0.448 e. The number of hydrogen-bond donors (Lipinski definition) is 1. The maximum Gasteiger partial charge on any atom is 0.193 e. The maximum absolute atomic E-state index is 5.67. The Morgan fingerprint density at radius 2 is 2.07 bits per heavy atom. The van der Waals surface area contributed by atoms with Crippen molar-refractivity contribution < 1.29 is 4.42 Å². The quantitative estimate of drug-likeness (QED) is 0.836. The lowest BCUT2D eigenvalue weighted by Gasteiger charge is -2.27. The Kier molecular flexibility index (Phi) is 3.62. The monoisotopic (exact) mass is 215 g/mol. The first-order valence-electron chi connectivity index (χ1n) is 4.87. The molecule has 1 unspecified atom stereocenters. The highest BCUT2D eigenvalue weighted by atomic mass is 35.5. The molecule has 0 aromatic carbocycles. The van der Waals surface area contributed by atoms with Gasteiger partial charge in [0, 0.05) is 6.04 Å². The summed E-state index contributed by atoms with van der Waals surface area (Å²) in [5.74, 6) is 0.881. The Hall–Kier alpha value is -0.470. The van der Waals surface area contributed by atoms with E-state index in [1.807, 2.05) is 6.07 Å². The highest BCUT2D eigenvalue weighted by molar-refractivity contribution is 6.28. The van der Waals surface area contributed by atoms with Crippen molar-refractivity contribution in [3.8, 4) is 0 Å². The molecular formula is C11H18ClNO. The third-order valence-corrected chi connectivity index (χ3v) is 2.71. The van der Waals surface area contributed by atoms with Gasteiger partial charge >= 0.3 is 0 Å². The van der Waals surface area contributed by atoms with Gasteiger partial charge < -0.3 is 9.73 Å². The van der Waals surface area contributed by atoms with E-state index in [2.05, 4.69) is 33.0 Å². The Morgan fingerprint density at radius 1 is 1.43 bits per heavy atom. The standard InChI is InChI=1S/C11H18ClNO/c1-8(11(2,3)4)13-7-9-5-6-10(12)14-9/h5-6,8,13H,7H2,1-4H3. The van der Waals surface area contributed by atoms with Crippen molar-refractivity contribution >= 4 is 11.6 Å². The number of nitrogens with one attached hydrogen (secondary N) is 1. The summed E-state index contributed by atoms with van der Waals surface area (Å²) < 4.78 is 5.25. The van der Waals surface area contributed by atoms with Gasteiger partial charge in [-0.3, -0.25) is 0 Å². The number of furan rings is 1. The van der Waals surface area contributed by atoms with E-state index < -0.39 is 0 Å². The summed E-state index contributed by atoms with van der Waals surface area (Å²) in [5.41, 5.74) is 0.260. The van der Waals surface area contributed by atoms with E-state index in [0.717, 1.165) is 12.3 Å². The molecule has 1 N–H and O–H groups in total. The van der Waals surface area contributed by atoms with Crippen LogP contribution < -0.4 is 5.32 Å². The molecule has 1 aromatic rings. The normalized spacial score (nSPS) is 14.4. The van der Waals surface area contributed by atoms with Crippen LogP contribution in [0.4, 0.5) is 0 Å². The van der Waals surface area contributed by atoms with E-state index in [9.17, 15) is 0 Å². The van der Waals surface area contributed by atoms with E-state index in [1.165, 1.54) is 0 Å². The average molecular weight is 216 g/mol. The molecule has 0 fully saturated rings. The molecule has 1 heterocycles. The molecule has 80 valence electrons. The molecule has 0 bridgehead atoms. The van der Waals surface area contributed by atoms with Crippen LogP contribution in [0.1, 0.15) is 33.5 Å². The second-order valence-corrected chi connectivity index (χ2v) is 5.05. The molecule has 0 spiro atoms. The summed E-state index contributed by atoms with van der Waals surface area (Å²) in [6, 6.07) is 4.09. The van der Waals surface area contributed by atoms with Gasteiger partial charge in [-0.1, -0.05) is 20.8 Å². The molecule has 0 aliphatic carbocycles. The van der Waals surface area contributed by atoms with Crippen LogP contribution in [-0.2, 0) is 6.54 Å². The summed E-state index contributed by atoms with van der Waals surface area (Å²) in [4.78, 5) is 0. The molecule has 2 nitrogen and oxygen atoms in total. The van der Waals surface area contributed by atoms with Crippen LogP contribution in [0.2, 0.25) is 5.22 Å². The first-order valence-corrected chi connectivity index (χ1v) is 5.25. The third-order valence-electron chi connectivity index (χ3n) is 2.51. The molecule has 1 atom stereocenters. The predicted molar refractivity (Wildman–Crippen MR) is 59.5 cm³/mol. The molecular weight excluding hydrogens is 198 g/mol. The van der Waals surface area contributed by atoms with Crippen molar-refractivity contribution in [2.24, 2.45) is 5.41 Å². The molecule has 14 heavy (non-hydrogen) atoms. The number of rotatable bonds is 3. The van der Waals surface area contributed by atoms with E-state index in [1.54, 1.807) is 6.07 Å². The molecule has 1 rings (SSSR count). The van der Waals surface area contributed by atoms with Crippen LogP contribution >= 0.6 is 11.6 Å². The van der Waals surface area contributed by atoms with Gasteiger partial charge in [-0.2, -0.15) is 0 Å². The van der Waals surface area contributed by atoms with Crippen molar-refractivity contribution in [3.05, 3.63) is 23.1 Å². The van der Waals surface area contributed by atoms with Gasteiger partial charge in [0.25, 0.3) is 0 Å².